The molecule has 0 heterocycles. The molecule has 0 saturated heterocycles. The van der Waals surface area contributed by atoms with E-state index in [1.807, 2.05) is 0 Å². The molecule has 0 aromatic rings. The number of aliphatic carboxylic acids is 1. The molecule has 0 aromatic heterocycles. The Labute approximate surface area is 89.0 Å². The molecule has 0 rings (SSSR count). The maximum atomic E-state index is 11.2. The van der Waals surface area contributed by atoms with Crippen molar-refractivity contribution in [3.63, 3.8) is 0 Å². The number of unbranched alkanes of at least 4 members (excludes halogenated alkanes) is 1. The van der Waals surface area contributed by atoms with E-state index in [4.69, 9.17) is 16.6 Å². The summed E-state index contributed by atoms with van der Waals surface area (Å²) in [6.45, 7) is 2.03. The Balaban J connectivity index is 4.05. The van der Waals surface area contributed by atoms with E-state index in [-0.39, 0.29) is 0 Å². The lowest BCUT2D eigenvalue weighted by Gasteiger charge is -2.15. The maximum absolute atomic E-state index is 11.2. The number of carbonyl (C=O) groups is 2. The summed E-state index contributed by atoms with van der Waals surface area (Å²) in [5.74, 6) is -1.49. The van der Waals surface area contributed by atoms with Crippen molar-refractivity contribution in [2.75, 3.05) is 6.54 Å². The monoisotopic (exact) mass is 217 g/mol. The number of carboxylic acids is 1. The van der Waals surface area contributed by atoms with Crippen molar-refractivity contribution in [1.82, 2.24) is 5.32 Å². The van der Waals surface area contributed by atoms with Gasteiger partial charge in [0.1, 0.15) is 6.04 Å². The fraction of sp³-hybridized carbons (Fsp3) is 0.778. The normalized spacial score (nSPS) is 14.3. The van der Waals surface area contributed by atoms with Gasteiger partial charge in [-0.15, -0.1) is 0 Å². The molecule has 0 bridgehead atoms. The van der Waals surface area contributed by atoms with Crippen LogP contribution in [-0.4, -0.2) is 35.6 Å². The van der Waals surface area contributed by atoms with Crippen molar-refractivity contribution in [2.24, 2.45) is 11.5 Å². The molecule has 0 fully saturated rings. The minimum absolute atomic E-state index is 0.380. The lowest BCUT2D eigenvalue weighted by molar-refractivity contribution is -0.142. The van der Waals surface area contributed by atoms with Crippen LogP contribution in [0.3, 0.4) is 0 Å². The highest BCUT2D eigenvalue weighted by atomic mass is 16.4. The summed E-state index contributed by atoms with van der Waals surface area (Å²) in [4.78, 5) is 21.9. The summed E-state index contributed by atoms with van der Waals surface area (Å²) in [7, 11) is 0. The van der Waals surface area contributed by atoms with Crippen LogP contribution in [0.5, 0.6) is 0 Å². The standard InChI is InChI=1S/C9H19N3O3/c1-6(11)8(13)12-7(9(14)15)4-2-3-5-10/h6-7H,2-5,10-11H2,1H3,(H,12,13)(H,14,15)/t6?,7-/m1/s1. The molecule has 0 aromatic carbocycles. The molecule has 15 heavy (non-hydrogen) atoms. The molecule has 1 amide bonds. The average Bonchev–Trinajstić information content (AvgIpc) is 2.15. The second-order valence-electron chi connectivity index (χ2n) is 3.47. The van der Waals surface area contributed by atoms with E-state index in [9.17, 15) is 9.59 Å². The Hall–Kier alpha value is -1.14. The summed E-state index contributed by atoms with van der Waals surface area (Å²) in [5.41, 5.74) is 10.6. The third kappa shape index (κ3) is 6.03. The minimum Gasteiger partial charge on any atom is -0.480 e. The van der Waals surface area contributed by atoms with E-state index in [2.05, 4.69) is 5.32 Å². The SMILES string of the molecule is CC(N)C(=O)N[C@H](CCCCN)C(=O)O. The first-order valence-electron chi connectivity index (χ1n) is 4.98. The van der Waals surface area contributed by atoms with E-state index in [1.54, 1.807) is 0 Å². The van der Waals surface area contributed by atoms with Gasteiger partial charge in [-0.25, -0.2) is 4.79 Å². The van der Waals surface area contributed by atoms with Gasteiger partial charge >= 0.3 is 5.97 Å². The minimum atomic E-state index is -1.04. The first-order chi connectivity index (χ1) is 6.99. The third-order valence-electron chi connectivity index (χ3n) is 1.98. The lowest BCUT2D eigenvalue weighted by atomic mass is 10.1. The van der Waals surface area contributed by atoms with Crippen LogP contribution in [0.2, 0.25) is 0 Å². The van der Waals surface area contributed by atoms with E-state index in [0.717, 1.165) is 6.42 Å². The van der Waals surface area contributed by atoms with Crippen molar-refractivity contribution >= 4 is 11.9 Å². The van der Waals surface area contributed by atoms with Gasteiger partial charge in [-0.1, -0.05) is 0 Å². The number of nitrogens with two attached hydrogens (primary N) is 2. The van der Waals surface area contributed by atoms with E-state index < -0.39 is 24.0 Å². The molecule has 0 saturated carbocycles. The second-order valence-corrected chi connectivity index (χ2v) is 3.47. The van der Waals surface area contributed by atoms with E-state index in [0.29, 0.717) is 19.4 Å². The van der Waals surface area contributed by atoms with Gasteiger partial charge in [-0.05, 0) is 32.7 Å². The van der Waals surface area contributed by atoms with Crippen LogP contribution in [0.1, 0.15) is 26.2 Å². The molecule has 0 aliphatic carbocycles. The Morgan fingerprint density at radius 3 is 2.40 bits per heavy atom. The van der Waals surface area contributed by atoms with Gasteiger partial charge in [0.25, 0.3) is 0 Å². The highest BCUT2D eigenvalue weighted by Crippen LogP contribution is 2.00. The van der Waals surface area contributed by atoms with Crippen molar-refractivity contribution in [2.45, 2.75) is 38.3 Å². The predicted molar refractivity (Wildman–Crippen MR) is 56.1 cm³/mol. The molecular weight excluding hydrogens is 198 g/mol. The zero-order valence-corrected chi connectivity index (χ0v) is 8.90. The zero-order chi connectivity index (χ0) is 11.8. The van der Waals surface area contributed by atoms with Crippen LogP contribution >= 0.6 is 0 Å². The Morgan fingerprint density at radius 2 is 2.00 bits per heavy atom. The number of carboxylic acid groups (broad SMARTS) is 1. The molecule has 0 spiro atoms. The number of hydrogen-bond acceptors (Lipinski definition) is 4. The smallest absolute Gasteiger partial charge is 0.326 e. The number of rotatable bonds is 7. The molecule has 6 N–H and O–H groups in total. The summed E-state index contributed by atoms with van der Waals surface area (Å²) in [6.07, 6.45) is 1.80. The molecule has 0 aliphatic heterocycles. The summed E-state index contributed by atoms with van der Waals surface area (Å²) >= 11 is 0. The molecule has 1 unspecified atom stereocenters. The highest BCUT2D eigenvalue weighted by Gasteiger charge is 2.20. The van der Waals surface area contributed by atoms with Crippen LogP contribution in [0.15, 0.2) is 0 Å². The lowest BCUT2D eigenvalue weighted by Crippen LogP contribution is -2.47. The van der Waals surface area contributed by atoms with Crippen LogP contribution in [-0.2, 0) is 9.59 Å². The van der Waals surface area contributed by atoms with E-state index in [1.165, 1.54) is 6.92 Å². The molecule has 6 nitrogen and oxygen atoms in total. The summed E-state index contributed by atoms with van der Waals surface area (Å²) in [6, 6.07) is -1.56. The third-order valence-corrected chi connectivity index (χ3v) is 1.98. The molecule has 0 aliphatic rings. The molecule has 2 atom stereocenters. The molecule has 0 radical (unpaired) electrons. The fourth-order valence-corrected chi connectivity index (χ4v) is 1.05. The Morgan fingerprint density at radius 1 is 1.40 bits per heavy atom. The van der Waals surface area contributed by atoms with Gasteiger partial charge in [0.2, 0.25) is 5.91 Å². The van der Waals surface area contributed by atoms with Gasteiger partial charge in [0.05, 0.1) is 6.04 Å². The van der Waals surface area contributed by atoms with Crippen LogP contribution in [0.4, 0.5) is 0 Å². The maximum Gasteiger partial charge on any atom is 0.326 e. The molecule has 88 valence electrons. The van der Waals surface area contributed by atoms with Gasteiger partial charge < -0.3 is 21.9 Å². The predicted octanol–water partition coefficient (Wildman–Crippen LogP) is -0.968. The van der Waals surface area contributed by atoms with Gasteiger partial charge in [0, 0.05) is 0 Å². The van der Waals surface area contributed by atoms with E-state index >= 15 is 0 Å². The van der Waals surface area contributed by atoms with Crippen molar-refractivity contribution in [1.29, 1.82) is 0 Å². The van der Waals surface area contributed by atoms with Gasteiger partial charge in [-0.3, -0.25) is 4.79 Å². The largest absolute Gasteiger partial charge is 0.480 e. The fourth-order valence-electron chi connectivity index (χ4n) is 1.05. The second kappa shape index (κ2) is 7.19. The number of nitrogens with one attached hydrogen (secondary N) is 1. The van der Waals surface area contributed by atoms with Crippen molar-refractivity contribution in [3.8, 4) is 0 Å². The average molecular weight is 217 g/mol. The van der Waals surface area contributed by atoms with Gasteiger partial charge in [0.15, 0.2) is 0 Å². The summed E-state index contributed by atoms with van der Waals surface area (Å²) in [5, 5.41) is 11.2. The summed E-state index contributed by atoms with van der Waals surface area (Å²) < 4.78 is 0. The van der Waals surface area contributed by atoms with Crippen molar-refractivity contribution < 1.29 is 14.7 Å². The molecular formula is C9H19N3O3. The van der Waals surface area contributed by atoms with Crippen LogP contribution in [0, 0.1) is 0 Å². The molecule has 6 heteroatoms. The van der Waals surface area contributed by atoms with Crippen LogP contribution < -0.4 is 16.8 Å². The quantitative estimate of drug-likeness (QED) is 0.409. The van der Waals surface area contributed by atoms with Crippen LogP contribution in [0.25, 0.3) is 0 Å². The number of carbonyl (C=O) groups excluding carboxylic acids is 1. The van der Waals surface area contributed by atoms with Gasteiger partial charge in [-0.2, -0.15) is 0 Å². The number of amides is 1. The highest BCUT2D eigenvalue weighted by molar-refractivity contribution is 5.86. The first-order valence-corrected chi connectivity index (χ1v) is 4.98. The first kappa shape index (κ1) is 13.9. The Bertz CT molecular complexity index is 219. The zero-order valence-electron chi connectivity index (χ0n) is 8.90. The Kier molecular flexibility index (Phi) is 6.64. The number of hydrogen-bond donors (Lipinski definition) is 4. The topological polar surface area (TPSA) is 118 Å². The van der Waals surface area contributed by atoms with Crippen molar-refractivity contribution in [3.05, 3.63) is 0 Å².